The molecule has 0 radical (unpaired) electrons. The summed E-state index contributed by atoms with van der Waals surface area (Å²) >= 11 is 0. The molecule has 1 aromatic carbocycles. The van der Waals surface area contributed by atoms with Gasteiger partial charge in [0.2, 0.25) is 0 Å². The molecule has 3 rings (SSSR count). The zero-order valence-corrected chi connectivity index (χ0v) is 8.39. The molecule has 0 aliphatic heterocycles. The lowest BCUT2D eigenvalue weighted by Gasteiger charge is -1.94. The minimum atomic E-state index is 0.433. The lowest BCUT2D eigenvalue weighted by atomic mass is 10.1. The summed E-state index contributed by atoms with van der Waals surface area (Å²) in [6.07, 6.45) is 3.70. The maximum absolute atomic E-state index is 5.70. The van der Waals surface area contributed by atoms with Gasteiger partial charge in [-0.2, -0.15) is 0 Å². The zero-order chi connectivity index (χ0) is 9.97. The Morgan fingerprint density at radius 2 is 1.50 bits per heavy atom. The van der Waals surface area contributed by atoms with Crippen molar-refractivity contribution in [1.82, 2.24) is 0 Å². The van der Waals surface area contributed by atoms with Gasteiger partial charge in [-0.25, -0.2) is 0 Å². The molecule has 0 amide bonds. The summed E-state index contributed by atoms with van der Waals surface area (Å²) in [5, 5.41) is 0. The molecule has 2 aliphatic carbocycles. The third-order valence-corrected chi connectivity index (χ3v) is 2.69. The Kier molecular flexibility index (Phi) is 2.85. The van der Waals surface area contributed by atoms with Crippen molar-refractivity contribution in [3.05, 3.63) is 35.9 Å². The van der Waals surface area contributed by atoms with Gasteiger partial charge in [-0.05, 0) is 24.8 Å². The Labute approximate surface area is 85.3 Å². The first-order chi connectivity index (χ1) is 6.77. The minimum absolute atomic E-state index is 0.433. The summed E-state index contributed by atoms with van der Waals surface area (Å²) in [6, 6.07) is 11.5. The predicted molar refractivity (Wildman–Crippen MR) is 59.0 cm³/mol. The van der Waals surface area contributed by atoms with E-state index in [0.29, 0.717) is 18.0 Å². The van der Waals surface area contributed by atoms with Crippen molar-refractivity contribution in [1.29, 1.82) is 0 Å². The van der Waals surface area contributed by atoms with Crippen molar-refractivity contribution in [2.24, 2.45) is 11.5 Å². The largest absolute Gasteiger partial charge is 0.328 e. The number of benzene rings is 1. The van der Waals surface area contributed by atoms with Gasteiger partial charge in [-0.1, -0.05) is 30.3 Å². The van der Waals surface area contributed by atoms with Crippen molar-refractivity contribution in [3.63, 3.8) is 0 Å². The summed E-state index contributed by atoms with van der Waals surface area (Å²) in [4.78, 5) is 0. The van der Waals surface area contributed by atoms with Crippen LogP contribution in [-0.2, 0) is 0 Å². The van der Waals surface area contributed by atoms with Gasteiger partial charge in [-0.15, -0.1) is 0 Å². The van der Waals surface area contributed by atoms with Gasteiger partial charge in [0.05, 0.1) is 0 Å². The summed E-state index contributed by atoms with van der Waals surface area (Å²) in [5.74, 6) is 0.654. The second-order valence-electron chi connectivity index (χ2n) is 4.25. The minimum Gasteiger partial charge on any atom is -0.328 e. The summed E-state index contributed by atoms with van der Waals surface area (Å²) in [5.41, 5.74) is 12.3. The van der Waals surface area contributed by atoms with E-state index in [4.69, 9.17) is 11.5 Å². The summed E-state index contributed by atoms with van der Waals surface area (Å²) in [6.45, 7) is 0. The molecule has 0 aromatic heterocycles. The predicted octanol–water partition coefficient (Wildman–Crippen LogP) is 1.61. The molecule has 4 N–H and O–H groups in total. The van der Waals surface area contributed by atoms with E-state index in [2.05, 4.69) is 24.3 Å². The maximum Gasteiger partial charge on any atom is 0.0115 e. The third-order valence-electron chi connectivity index (χ3n) is 2.69. The molecule has 0 unspecified atom stereocenters. The van der Waals surface area contributed by atoms with E-state index in [1.54, 1.807) is 0 Å². The Morgan fingerprint density at radius 1 is 1.00 bits per heavy atom. The molecule has 76 valence electrons. The van der Waals surface area contributed by atoms with E-state index in [9.17, 15) is 0 Å². The van der Waals surface area contributed by atoms with Gasteiger partial charge < -0.3 is 11.5 Å². The van der Waals surface area contributed by atoms with Crippen LogP contribution in [0, 0.1) is 0 Å². The summed E-state index contributed by atoms with van der Waals surface area (Å²) < 4.78 is 0. The van der Waals surface area contributed by atoms with Crippen LogP contribution in [-0.4, -0.2) is 12.1 Å². The highest BCUT2D eigenvalue weighted by Gasteiger charge is 2.34. The monoisotopic (exact) mass is 190 g/mol. The van der Waals surface area contributed by atoms with E-state index in [0.717, 1.165) is 0 Å². The normalized spacial score (nSPS) is 29.0. The molecule has 2 atom stereocenters. The van der Waals surface area contributed by atoms with Crippen LogP contribution in [0.4, 0.5) is 0 Å². The Morgan fingerprint density at radius 3 is 1.86 bits per heavy atom. The molecule has 2 saturated carbocycles. The van der Waals surface area contributed by atoms with Crippen molar-refractivity contribution in [2.75, 3.05) is 0 Å². The highest BCUT2D eigenvalue weighted by Crippen LogP contribution is 2.38. The van der Waals surface area contributed by atoms with Crippen LogP contribution in [0.1, 0.15) is 30.7 Å². The van der Waals surface area contributed by atoms with Crippen molar-refractivity contribution in [2.45, 2.75) is 37.3 Å². The maximum atomic E-state index is 5.70. The van der Waals surface area contributed by atoms with Gasteiger partial charge in [0.1, 0.15) is 0 Å². The molecule has 2 fully saturated rings. The van der Waals surface area contributed by atoms with Crippen LogP contribution in [0.5, 0.6) is 0 Å². The first-order valence-electron chi connectivity index (χ1n) is 5.33. The molecule has 2 heteroatoms. The SMILES string of the molecule is NC1CC1.N[C@@H]1C[C@H]1c1ccccc1. The number of nitrogens with two attached hydrogens (primary N) is 2. The van der Waals surface area contributed by atoms with Crippen LogP contribution < -0.4 is 11.5 Å². The average Bonchev–Trinajstić information content (AvgIpc) is 3.09. The van der Waals surface area contributed by atoms with Crippen LogP contribution >= 0.6 is 0 Å². The van der Waals surface area contributed by atoms with E-state index in [1.165, 1.54) is 24.8 Å². The van der Waals surface area contributed by atoms with Crippen LogP contribution in [0.3, 0.4) is 0 Å². The van der Waals surface area contributed by atoms with Crippen molar-refractivity contribution in [3.8, 4) is 0 Å². The number of hydrogen-bond acceptors (Lipinski definition) is 2. The lowest BCUT2D eigenvalue weighted by molar-refractivity contribution is 0.991. The smallest absolute Gasteiger partial charge is 0.0115 e. The summed E-state index contributed by atoms with van der Waals surface area (Å²) in [7, 11) is 0. The molecule has 0 spiro atoms. The van der Waals surface area contributed by atoms with E-state index < -0.39 is 0 Å². The second kappa shape index (κ2) is 4.11. The Hall–Kier alpha value is -0.860. The van der Waals surface area contributed by atoms with Gasteiger partial charge in [0.25, 0.3) is 0 Å². The molecule has 1 aromatic rings. The molecular weight excluding hydrogens is 172 g/mol. The van der Waals surface area contributed by atoms with Gasteiger partial charge >= 0.3 is 0 Å². The lowest BCUT2D eigenvalue weighted by Crippen LogP contribution is -2.00. The Bertz CT molecular complexity index is 280. The molecule has 2 aliphatic rings. The standard InChI is InChI=1S/C9H11N.C3H7N/c10-9-6-8(9)7-4-2-1-3-5-7;4-3-1-2-3/h1-5,8-9H,6,10H2;3H,1-2,4H2/t8-,9+;/m0./s1. The first kappa shape index (κ1) is 9.69. The third kappa shape index (κ3) is 2.82. The van der Waals surface area contributed by atoms with E-state index >= 15 is 0 Å². The fraction of sp³-hybridized carbons (Fsp3) is 0.500. The number of rotatable bonds is 1. The van der Waals surface area contributed by atoms with Gasteiger partial charge in [0.15, 0.2) is 0 Å². The fourth-order valence-electron chi connectivity index (χ4n) is 1.39. The average molecular weight is 190 g/mol. The van der Waals surface area contributed by atoms with E-state index in [-0.39, 0.29) is 0 Å². The molecule has 2 nitrogen and oxygen atoms in total. The van der Waals surface area contributed by atoms with Crippen LogP contribution in [0.25, 0.3) is 0 Å². The molecule has 14 heavy (non-hydrogen) atoms. The second-order valence-corrected chi connectivity index (χ2v) is 4.25. The topological polar surface area (TPSA) is 52.0 Å². The quantitative estimate of drug-likeness (QED) is 0.707. The molecular formula is C12H18N2. The highest BCUT2D eigenvalue weighted by molar-refractivity contribution is 5.26. The first-order valence-corrected chi connectivity index (χ1v) is 5.33. The van der Waals surface area contributed by atoms with Crippen LogP contribution in [0.2, 0.25) is 0 Å². The molecule has 0 heterocycles. The number of hydrogen-bond donors (Lipinski definition) is 2. The highest BCUT2D eigenvalue weighted by atomic mass is 14.7. The van der Waals surface area contributed by atoms with Crippen molar-refractivity contribution < 1.29 is 0 Å². The molecule has 0 bridgehead atoms. The van der Waals surface area contributed by atoms with Gasteiger partial charge in [-0.3, -0.25) is 0 Å². The van der Waals surface area contributed by atoms with Crippen LogP contribution in [0.15, 0.2) is 30.3 Å². The Balaban J connectivity index is 0.000000157. The van der Waals surface area contributed by atoms with Gasteiger partial charge in [0, 0.05) is 18.0 Å². The van der Waals surface area contributed by atoms with Crippen molar-refractivity contribution >= 4 is 0 Å². The molecule has 0 saturated heterocycles. The zero-order valence-electron chi connectivity index (χ0n) is 8.39. The fourth-order valence-corrected chi connectivity index (χ4v) is 1.39. The van der Waals surface area contributed by atoms with E-state index in [1.807, 2.05) is 6.07 Å².